The van der Waals surface area contributed by atoms with Gasteiger partial charge in [-0.2, -0.15) is 5.10 Å². The maximum absolute atomic E-state index is 5.16. The standard InChI is InChI=1S/C5H10N4/c1-2-9-5(8-6)3-4-7-9/h3-4,8H,2,6H2,1H3. The van der Waals surface area contributed by atoms with Crippen molar-refractivity contribution in [2.75, 3.05) is 5.43 Å². The molecular formula is C5H10N4. The van der Waals surface area contributed by atoms with Crippen molar-refractivity contribution in [3.63, 3.8) is 0 Å². The number of hydrogen-bond donors (Lipinski definition) is 2. The van der Waals surface area contributed by atoms with Crippen LogP contribution in [0.2, 0.25) is 0 Å². The lowest BCUT2D eigenvalue weighted by Crippen LogP contribution is -2.12. The second kappa shape index (κ2) is 2.50. The van der Waals surface area contributed by atoms with Gasteiger partial charge in [-0.05, 0) is 6.92 Å². The molecule has 4 nitrogen and oxygen atoms in total. The fourth-order valence-corrected chi connectivity index (χ4v) is 0.707. The molecule has 1 aromatic heterocycles. The number of aryl methyl sites for hydroxylation is 1. The molecule has 0 unspecified atom stereocenters. The van der Waals surface area contributed by atoms with Gasteiger partial charge < -0.3 is 5.43 Å². The van der Waals surface area contributed by atoms with Gasteiger partial charge in [-0.3, -0.25) is 0 Å². The van der Waals surface area contributed by atoms with Crippen LogP contribution in [-0.2, 0) is 6.54 Å². The van der Waals surface area contributed by atoms with E-state index in [1.165, 1.54) is 0 Å². The van der Waals surface area contributed by atoms with E-state index in [0.29, 0.717) is 0 Å². The molecule has 0 spiro atoms. The van der Waals surface area contributed by atoms with E-state index in [1.54, 1.807) is 10.9 Å². The highest BCUT2D eigenvalue weighted by Gasteiger charge is 1.93. The lowest BCUT2D eigenvalue weighted by Gasteiger charge is -2.00. The molecule has 50 valence electrons. The van der Waals surface area contributed by atoms with E-state index in [4.69, 9.17) is 5.84 Å². The molecule has 4 heteroatoms. The molecule has 3 N–H and O–H groups in total. The maximum atomic E-state index is 5.16. The van der Waals surface area contributed by atoms with E-state index in [2.05, 4.69) is 10.5 Å². The highest BCUT2D eigenvalue weighted by Crippen LogP contribution is 2.01. The third kappa shape index (κ3) is 1.02. The van der Waals surface area contributed by atoms with Gasteiger partial charge >= 0.3 is 0 Å². The molecule has 0 aliphatic heterocycles. The summed E-state index contributed by atoms with van der Waals surface area (Å²) in [4.78, 5) is 0. The van der Waals surface area contributed by atoms with Crippen LogP contribution in [-0.4, -0.2) is 9.78 Å². The van der Waals surface area contributed by atoms with Crippen LogP contribution in [0, 0.1) is 0 Å². The average Bonchev–Trinajstić information content (AvgIpc) is 2.33. The molecule has 0 radical (unpaired) electrons. The smallest absolute Gasteiger partial charge is 0.138 e. The number of hydrazine groups is 1. The molecule has 1 heterocycles. The summed E-state index contributed by atoms with van der Waals surface area (Å²) in [5, 5.41) is 3.98. The first-order valence-electron chi connectivity index (χ1n) is 2.87. The second-order valence-electron chi connectivity index (χ2n) is 1.68. The summed E-state index contributed by atoms with van der Waals surface area (Å²) in [6, 6.07) is 1.82. The van der Waals surface area contributed by atoms with Gasteiger partial charge in [0.1, 0.15) is 5.82 Å². The number of anilines is 1. The number of hydrogen-bond acceptors (Lipinski definition) is 3. The largest absolute Gasteiger partial charge is 0.309 e. The molecule has 9 heavy (non-hydrogen) atoms. The summed E-state index contributed by atoms with van der Waals surface area (Å²) in [6.45, 7) is 2.85. The fraction of sp³-hybridized carbons (Fsp3) is 0.400. The molecule has 0 amide bonds. The third-order valence-electron chi connectivity index (χ3n) is 1.16. The van der Waals surface area contributed by atoms with E-state index in [0.717, 1.165) is 12.4 Å². The Kier molecular flexibility index (Phi) is 1.69. The van der Waals surface area contributed by atoms with Gasteiger partial charge in [-0.15, -0.1) is 0 Å². The normalized spacial score (nSPS) is 9.56. The first kappa shape index (κ1) is 6.10. The summed E-state index contributed by atoms with van der Waals surface area (Å²) < 4.78 is 1.78. The van der Waals surface area contributed by atoms with Gasteiger partial charge in [0, 0.05) is 12.6 Å². The first-order valence-corrected chi connectivity index (χ1v) is 2.87. The minimum atomic E-state index is 0.840. The SMILES string of the molecule is CCn1nccc1NN. The van der Waals surface area contributed by atoms with Crippen LogP contribution >= 0.6 is 0 Å². The molecule has 1 rings (SSSR count). The Morgan fingerprint density at radius 2 is 2.67 bits per heavy atom. The highest BCUT2D eigenvalue weighted by molar-refractivity contribution is 5.31. The van der Waals surface area contributed by atoms with Crippen LogP contribution in [0.3, 0.4) is 0 Å². The van der Waals surface area contributed by atoms with Crippen molar-refractivity contribution in [3.8, 4) is 0 Å². The van der Waals surface area contributed by atoms with Crippen molar-refractivity contribution < 1.29 is 0 Å². The molecule has 0 atom stereocenters. The minimum Gasteiger partial charge on any atom is -0.309 e. The van der Waals surface area contributed by atoms with Crippen LogP contribution in [0.5, 0.6) is 0 Å². The number of rotatable bonds is 2. The van der Waals surface area contributed by atoms with E-state index in [1.807, 2.05) is 13.0 Å². The van der Waals surface area contributed by atoms with Crippen molar-refractivity contribution in [1.29, 1.82) is 0 Å². The van der Waals surface area contributed by atoms with E-state index >= 15 is 0 Å². The van der Waals surface area contributed by atoms with Crippen LogP contribution in [0.4, 0.5) is 5.82 Å². The van der Waals surface area contributed by atoms with Gasteiger partial charge in [0.05, 0.1) is 6.20 Å². The minimum absolute atomic E-state index is 0.840. The molecule has 0 saturated carbocycles. The Balaban J connectivity index is 2.85. The van der Waals surface area contributed by atoms with Gasteiger partial charge in [0.2, 0.25) is 0 Å². The van der Waals surface area contributed by atoms with Gasteiger partial charge in [0.15, 0.2) is 0 Å². The van der Waals surface area contributed by atoms with Crippen molar-refractivity contribution in [3.05, 3.63) is 12.3 Å². The molecule has 0 fully saturated rings. The molecule has 0 aliphatic carbocycles. The lowest BCUT2D eigenvalue weighted by atomic mass is 10.6. The van der Waals surface area contributed by atoms with Gasteiger partial charge in [-0.1, -0.05) is 0 Å². The first-order chi connectivity index (χ1) is 4.38. The van der Waals surface area contributed by atoms with Crippen molar-refractivity contribution in [2.24, 2.45) is 5.84 Å². The number of nitrogen functional groups attached to an aromatic ring is 1. The number of nitrogens with two attached hydrogens (primary N) is 1. The quantitative estimate of drug-likeness (QED) is 0.439. The molecule has 0 saturated heterocycles. The van der Waals surface area contributed by atoms with E-state index in [9.17, 15) is 0 Å². The molecular weight excluding hydrogens is 116 g/mol. The predicted octanol–water partition coefficient (Wildman–Crippen LogP) is 0.189. The third-order valence-corrected chi connectivity index (χ3v) is 1.16. The number of aromatic nitrogens is 2. The van der Waals surface area contributed by atoms with Crippen molar-refractivity contribution in [2.45, 2.75) is 13.5 Å². The van der Waals surface area contributed by atoms with E-state index in [-0.39, 0.29) is 0 Å². The van der Waals surface area contributed by atoms with Crippen molar-refractivity contribution >= 4 is 5.82 Å². The lowest BCUT2D eigenvalue weighted by molar-refractivity contribution is 0.665. The summed E-state index contributed by atoms with van der Waals surface area (Å²) in [5.41, 5.74) is 2.53. The maximum Gasteiger partial charge on any atom is 0.138 e. The van der Waals surface area contributed by atoms with Crippen LogP contribution in [0.15, 0.2) is 12.3 Å². The molecule has 1 aromatic rings. The molecule has 0 aromatic carbocycles. The summed E-state index contributed by atoms with van der Waals surface area (Å²) in [7, 11) is 0. The van der Waals surface area contributed by atoms with Gasteiger partial charge in [0.25, 0.3) is 0 Å². The van der Waals surface area contributed by atoms with Crippen LogP contribution in [0.25, 0.3) is 0 Å². The number of nitrogens with zero attached hydrogens (tertiary/aromatic N) is 2. The Hall–Kier alpha value is -1.03. The Morgan fingerprint density at radius 1 is 1.89 bits per heavy atom. The van der Waals surface area contributed by atoms with Crippen molar-refractivity contribution in [1.82, 2.24) is 9.78 Å². The number of nitrogens with one attached hydrogen (secondary N) is 1. The van der Waals surface area contributed by atoms with Gasteiger partial charge in [-0.25, -0.2) is 10.5 Å². The summed E-state index contributed by atoms with van der Waals surface area (Å²) in [5.74, 6) is 6.00. The second-order valence-corrected chi connectivity index (χ2v) is 1.68. The zero-order valence-corrected chi connectivity index (χ0v) is 5.33. The monoisotopic (exact) mass is 126 g/mol. The van der Waals surface area contributed by atoms with Crippen LogP contribution in [0.1, 0.15) is 6.92 Å². The fourth-order valence-electron chi connectivity index (χ4n) is 0.707. The predicted molar refractivity (Wildman–Crippen MR) is 35.7 cm³/mol. The molecule has 0 bridgehead atoms. The Labute approximate surface area is 53.6 Å². The molecule has 0 aliphatic rings. The zero-order chi connectivity index (χ0) is 6.69. The topological polar surface area (TPSA) is 55.9 Å². The summed E-state index contributed by atoms with van der Waals surface area (Å²) >= 11 is 0. The summed E-state index contributed by atoms with van der Waals surface area (Å²) in [6.07, 6.45) is 1.71. The average molecular weight is 126 g/mol. The van der Waals surface area contributed by atoms with Crippen LogP contribution < -0.4 is 11.3 Å². The highest BCUT2D eigenvalue weighted by atomic mass is 15.4. The Morgan fingerprint density at radius 3 is 3.11 bits per heavy atom. The van der Waals surface area contributed by atoms with E-state index < -0.39 is 0 Å². The zero-order valence-electron chi connectivity index (χ0n) is 5.33. The Bertz CT molecular complexity index is 162.